The molecule has 0 saturated heterocycles. The Morgan fingerprint density at radius 3 is 2.29 bits per heavy atom. The van der Waals surface area contributed by atoms with Crippen LogP contribution < -0.4 is 0 Å². The van der Waals surface area contributed by atoms with Crippen LogP contribution >= 0.6 is 31.9 Å². The number of aliphatic imine (C=N–C) groups is 1. The maximum Gasteiger partial charge on any atom is 0.325 e. The molecule has 114 valence electrons. The van der Waals surface area contributed by atoms with Crippen molar-refractivity contribution >= 4 is 55.7 Å². The molecule has 1 rings (SSSR count). The molecule has 0 fully saturated rings. The first kappa shape index (κ1) is 17.8. The van der Waals surface area contributed by atoms with E-state index in [-0.39, 0.29) is 13.2 Å². The molecule has 0 radical (unpaired) electrons. The van der Waals surface area contributed by atoms with Gasteiger partial charge in [-0.1, -0.05) is 15.9 Å². The van der Waals surface area contributed by atoms with Gasteiger partial charge in [0.25, 0.3) is 0 Å². The molecule has 0 N–H and O–H groups in total. The third kappa shape index (κ3) is 5.59. The average Bonchev–Trinajstić information content (AvgIpc) is 2.43. The van der Waals surface area contributed by atoms with Crippen molar-refractivity contribution in [2.24, 2.45) is 10.9 Å². The van der Waals surface area contributed by atoms with Crippen molar-refractivity contribution in [1.82, 2.24) is 0 Å². The van der Waals surface area contributed by atoms with Gasteiger partial charge in [0.1, 0.15) is 0 Å². The average molecular weight is 421 g/mol. The Morgan fingerprint density at radius 1 is 1.19 bits per heavy atom. The molecular formula is C14H15Br2NO4. The number of ether oxygens (including phenoxy) is 2. The smallest absolute Gasteiger partial charge is 0.325 e. The van der Waals surface area contributed by atoms with Crippen LogP contribution in [0, 0.1) is 5.92 Å². The molecule has 1 aromatic carbocycles. The van der Waals surface area contributed by atoms with Crippen LogP contribution in [0.1, 0.15) is 13.8 Å². The van der Waals surface area contributed by atoms with Gasteiger partial charge >= 0.3 is 11.9 Å². The van der Waals surface area contributed by atoms with Gasteiger partial charge in [0, 0.05) is 15.2 Å². The van der Waals surface area contributed by atoms with E-state index in [0.29, 0.717) is 5.69 Å². The maximum absolute atomic E-state index is 11.8. The fourth-order valence-electron chi connectivity index (χ4n) is 1.42. The summed E-state index contributed by atoms with van der Waals surface area (Å²) in [4.78, 5) is 27.8. The monoisotopic (exact) mass is 419 g/mol. The second kappa shape index (κ2) is 8.94. The van der Waals surface area contributed by atoms with E-state index in [9.17, 15) is 9.59 Å². The molecule has 21 heavy (non-hydrogen) atoms. The van der Waals surface area contributed by atoms with Gasteiger partial charge in [-0.2, -0.15) is 0 Å². The number of carbonyl (C=O) groups is 2. The summed E-state index contributed by atoms with van der Waals surface area (Å²) >= 11 is 6.68. The predicted octanol–water partition coefficient (Wildman–Crippen LogP) is 3.66. The Hall–Kier alpha value is -1.21. The first-order chi connectivity index (χ1) is 9.99. The summed E-state index contributed by atoms with van der Waals surface area (Å²) in [7, 11) is 0. The van der Waals surface area contributed by atoms with E-state index in [1.807, 2.05) is 6.07 Å². The highest BCUT2D eigenvalue weighted by atomic mass is 79.9. The third-order valence-corrected chi connectivity index (χ3v) is 3.52. The molecule has 0 bridgehead atoms. The zero-order valence-corrected chi connectivity index (χ0v) is 14.8. The standard InChI is InChI=1S/C14H15Br2NO4/c1-3-20-13(18)10(14(19)21-4-2)8-17-12-7-9(15)5-6-11(12)16/h5-8,10H,3-4H2,1-2H3. The van der Waals surface area contributed by atoms with Crippen LogP contribution in [-0.2, 0) is 19.1 Å². The highest BCUT2D eigenvalue weighted by Crippen LogP contribution is 2.28. The Labute approximate surface area is 140 Å². The van der Waals surface area contributed by atoms with Gasteiger partial charge in [0.05, 0.1) is 18.9 Å². The maximum atomic E-state index is 11.8. The Morgan fingerprint density at radius 2 is 1.76 bits per heavy atom. The van der Waals surface area contributed by atoms with Crippen LogP contribution in [0.2, 0.25) is 0 Å². The molecule has 0 heterocycles. The van der Waals surface area contributed by atoms with E-state index < -0.39 is 17.9 Å². The molecule has 1 aromatic rings. The fourth-order valence-corrected chi connectivity index (χ4v) is 2.12. The summed E-state index contributed by atoms with van der Waals surface area (Å²) in [5.74, 6) is -2.52. The van der Waals surface area contributed by atoms with Gasteiger partial charge in [-0.15, -0.1) is 0 Å². The van der Waals surface area contributed by atoms with Crippen molar-refractivity contribution in [3.63, 3.8) is 0 Å². The summed E-state index contributed by atoms with van der Waals surface area (Å²) < 4.78 is 11.3. The Balaban J connectivity index is 2.99. The molecule has 0 aliphatic carbocycles. The number of hydrogen-bond acceptors (Lipinski definition) is 5. The lowest BCUT2D eigenvalue weighted by Crippen LogP contribution is -2.29. The lowest BCUT2D eigenvalue weighted by atomic mass is 10.1. The Bertz CT molecular complexity index is 528. The van der Waals surface area contributed by atoms with Crippen molar-refractivity contribution in [2.75, 3.05) is 13.2 Å². The van der Waals surface area contributed by atoms with E-state index in [1.54, 1.807) is 26.0 Å². The van der Waals surface area contributed by atoms with E-state index in [0.717, 1.165) is 8.95 Å². The van der Waals surface area contributed by atoms with E-state index in [4.69, 9.17) is 9.47 Å². The van der Waals surface area contributed by atoms with Crippen molar-refractivity contribution in [1.29, 1.82) is 0 Å². The molecule has 0 saturated carbocycles. The highest BCUT2D eigenvalue weighted by molar-refractivity contribution is 9.11. The van der Waals surface area contributed by atoms with Crippen LogP contribution in [0.3, 0.4) is 0 Å². The molecule has 0 spiro atoms. The van der Waals surface area contributed by atoms with Gasteiger partial charge in [0.15, 0.2) is 5.92 Å². The first-order valence-corrected chi connectivity index (χ1v) is 7.90. The minimum absolute atomic E-state index is 0.184. The third-order valence-electron chi connectivity index (χ3n) is 2.35. The zero-order chi connectivity index (χ0) is 15.8. The second-order valence-corrected chi connectivity index (χ2v) is 5.63. The predicted molar refractivity (Wildman–Crippen MR) is 86.8 cm³/mol. The first-order valence-electron chi connectivity index (χ1n) is 6.32. The minimum Gasteiger partial charge on any atom is -0.465 e. The number of esters is 2. The van der Waals surface area contributed by atoms with Crippen molar-refractivity contribution in [3.05, 3.63) is 27.1 Å². The van der Waals surface area contributed by atoms with Crippen molar-refractivity contribution < 1.29 is 19.1 Å². The summed E-state index contributed by atoms with van der Waals surface area (Å²) in [6, 6.07) is 5.41. The van der Waals surface area contributed by atoms with Crippen LogP contribution in [0.25, 0.3) is 0 Å². The minimum atomic E-state index is -1.17. The quantitative estimate of drug-likeness (QED) is 0.400. The number of carbonyl (C=O) groups excluding carboxylic acids is 2. The van der Waals surface area contributed by atoms with Gasteiger partial charge in [-0.05, 0) is 48.0 Å². The molecule has 7 heteroatoms. The van der Waals surface area contributed by atoms with Crippen LogP contribution in [0.15, 0.2) is 32.1 Å². The van der Waals surface area contributed by atoms with Gasteiger partial charge < -0.3 is 9.47 Å². The number of nitrogens with zero attached hydrogens (tertiary/aromatic N) is 1. The van der Waals surface area contributed by atoms with Crippen molar-refractivity contribution in [2.45, 2.75) is 13.8 Å². The molecule has 0 aliphatic heterocycles. The van der Waals surface area contributed by atoms with Gasteiger partial charge in [0.2, 0.25) is 0 Å². The molecule has 0 atom stereocenters. The van der Waals surface area contributed by atoms with E-state index in [1.165, 1.54) is 6.21 Å². The highest BCUT2D eigenvalue weighted by Gasteiger charge is 2.27. The number of benzene rings is 1. The van der Waals surface area contributed by atoms with Gasteiger partial charge in [-0.25, -0.2) is 0 Å². The Kier molecular flexibility index (Phi) is 7.60. The second-order valence-electron chi connectivity index (χ2n) is 3.86. The van der Waals surface area contributed by atoms with Crippen molar-refractivity contribution in [3.8, 4) is 0 Å². The summed E-state index contributed by atoms with van der Waals surface area (Å²) in [6.45, 7) is 3.70. The summed E-state index contributed by atoms with van der Waals surface area (Å²) in [5.41, 5.74) is 0.586. The number of rotatable bonds is 6. The molecule has 5 nitrogen and oxygen atoms in total. The van der Waals surface area contributed by atoms with E-state index >= 15 is 0 Å². The topological polar surface area (TPSA) is 65.0 Å². The summed E-state index contributed by atoms with van der Waals surface area (Å²) in [5, 5.41) is 0. The van der Waals surface area contributed by atoms with Crippen LogP contribution in [0.5, 0.6) is 0 Å². The number of halogens is 2. The fraction of sp³-hybridized carbons (Fsp3) is 0.357. The zero-order valence-electron chi connectivity index (χ0n) is 11.6. The SMILES string of the molecule is CCOC(=O)C(C=Nc1cc(Br)ccc1Br)C(=O)OCC. The largest absolute Gasteiger partial charge is 0.465 e. The molecule has 0 unspecified atom stereocenters. The van der Waals surface area contributed by atoms with Gasteiger partial charge in [-0.3, -0.25) is 14.6 Å². The molecule has 0 aliphatic rings. The van der Waals surface area contributed by atoms with Crippen LogP contribution in [0.4, 0.5) is 5.69 Å². The van der Waals surface area contributed by atoms with Crippen LogP contribution in [-0.4, -0.2) is 31.4 Å². The number of hydrogen-bond donors (Lipinski definition) is 0. The lowest BCUT2D eigenvalue weighted by Gasteiger charge is -2.10. The lowest BCUT2D eigenvalue weighted by molar-refractivity contribution is -0.157. The summed E-state index contributed by atoms with van der Waals surface area (Å²) in [6.07, 6.45) is 1.24. The molecular weight excluding hydrogens is 406 g/mol. The molecule has 0 amide bonds. The molecule has 0 aromatic heterocycles. The van der Waals surface area contributed by atoms with E-state index in [2.05, 4.69) is 36.9 Å². The normalized spacial score (nSPS) is 10.9.